The molecule has 2 aliphatic rings. The molecule has 0 aromatic heterocycles. The highest BCUT2D eigenvalue weighted by Gasteiger charge is 2.29. The van der Waals surface area contributed by atoms with E-state index in [-0.39, 0.29) is 5.91 Å². The SMILES string of the molecule is Cc1cccc(C)c1N1CCN(C2CCC(NC(=O)/C=C/c3ccccc3)CC2)CC1. The standard InChI is InChI=1S/C27H35N3O/c1-21-7-6-8-22(2)27(21)30-19-17-29(18-20-30)25-14-12-24(13-15-25)28-26(31)16-11-23-9-4-3-5-10-23/h3-11,16,24-25H,12-15,17-20H2,1-2H3,(H,28,31)/b16-11+. The largest absolute Gasteiger partial charge is 0.369 e. The maximum absolute atomic E-state index is 12.3. The zero-order valence-corrected chi connectivity index (χ0v) is 18.9. The smallest absolute Gasteiger partial charge is 0.244 e. The van der Waals surface area contributed by atoms with Gasteiger partial charge >= 0.3 is 0 Å². The van der Waals surface area contributed by atoms with Crippen molar-refractivity contribution in [2.45, 2.75) is 51.6 Å². The Morgan fingerprint density at radius 2 is 1.52 bits per heavy atom. The molecule has 1 heterocycles. The van der Waals surface area contributed by atoms with Gasteiger partial charge in [0.15, 0.2) is 0 Å². The molecular weight excluding hydrogens is 382 g/mol. The van der Waals surface area contributed by atoms with Gasteiger partial charge in [0.2, 0.25) is 5.91 Å². The van der Waals surface area contributed by atoms with Crippen molar-refractivity contribution >= 4 is 17.7 Å². The van der Waals surface area contributed by atoms with Gasteiger partial charge in [-0.05, 0) is 62.3 Å². The summed E-state index contributed by atoms with van der Waals surface area (Å²) in [7, 11) is 0. The predicted molar refractivity (Wildman–Crippen MR) is 129 cm³/mol. The van der Waals surface area contributed by atoms with Crippen LogP contribution in [0.3, 0.4) is 0 Å². The summed E-state index contributed by atoms with van der Waals surface area (Å²) in [6.07, 6.45) is 8.05. The molecule has 31 heavy (non-hydrogen) atoms. The number of nitrogens with one attached hydrogen (secondary N) is 1. The summed E-state index contributed by atoms with van der Waals surface area (Å²) in [6, 6.07) is 17.5. The van der Waals surface area contributed by atoms with Crippen molar-refractivity contribution in [1.82, 2.24) is 10.2 Å². The van der Waals surface area contributed by atoms with E-state index in [1.165, 1.54) is 29.7 Å². The zero-order chi connectivity index (χ0) is 21.6. The Balaban J connectivity index is 1.22. The van der Waals surface area contributed by atoms with E-state index < -0.39 is 0 Å². The molecule has 0 unspecified atom stereocenters. The number of hydrogen-bond acceptors (Lipinski definition) is 3. The summed E-state index contributed by atoms with van der Waals surface area (Å²) in [5.74, 6) is 0.0227. The van der Waals surface area contributed by atoms with Crippen molar-refractivity contribution in [3.05, 3.63) is 71.3 Å². The van der Waals surface area contributed by atoms with Crippen molar-refractivity contribution in [3.8, 4) is 0 Å². The minimum atomic E-state index is 0.0227. The van der Waals surface area contributed by atoms with Gasteiger partial charge in [0.1, 0.15) is 0 Å². The average molecular weight is 418 g/mol. The molecule has 0 atom stereocenters. The first-order valence-electron chi connectivity index (χ1n) is 11.7. The number of hydrogen-bond donors (Lipinski definition) is 1. The molecule has 1 N–H and O–H groups in total. The Kier molecular flexibility index (Phi) is 7.08. The predicted octanol–water partition coefficient (Wildman–Crippen LogP) is 4.57. The fourth-order valence-electron chi connectivity index (χ4n) is 5.19. The first kappa shape index (κ1) is 21.6. The normalized spacial score (nSPS) is 22.6. The van der Waals surface area contributed by atoms with E-state index >= 15 is 0 Å². The number of rotatable bonds is 5. The van der Waals surface area contributed by atoms with E-state index in [0.717, 1.165) is 44.6 Å². The Bertz CT molecular complexity index is 872. The van der Waals surface area contributed by atoms with Gasteiger partial charge in [-0.15, -0.1) is 0 Å². The molecule has 4 nitrogen and oxygen atoms in total. The third-order valence-corrected chi connectivity index (χ3v) is 6.86. The molecule has 1 saturated heterocycles. The molecule has 0 radical (unpaired) electrons. The number of benzene rings is 2. The van der Waals surface area contributed by atoms with Crippen molar-refractivity contribution in [2.24, 2.45) is 0 Å². The van der Waals surface area contributed by atoms with Crippen LogP contribution in [0.2, 0.25) is 0 Å². The van der Waals surface area contributed by atoms with Crippen LogP contribution in [0.15, 0.2) is 54.6 Å². The van der Waals surface area contributed by atoms with Crippen LogP contribution < -0.4 is 10.2 Å². The van der Waals surface area contributed by atoms with Crippen molar-refractivity contribution in [2.75, 3.05) is 31.1 Å². The first-order chi connectivity index (χ1) is 15.1. The van der Waals surface area contributed by atoms with Crippen LogP contribution in [0.4, 0.5) is 5.69 Å². The van der Waals surface area contributed by atoms with Gasteiger partial charge in [0.25, 0.3) is 0 Å². The van der Waals surface area contributed by atoms with Gasteiger partial charge in [-0.25, -0.2) is 0 Å². The second-order valence-corrected chi connectivity index (χ2v) is 9.02. The van der Waals surface area contributed by atoms with E-state index in [1.54, 1.807) is 6.08 Å². The number of piperazine rings is 1. The molecular formula is C27H35N3O. The molecule has 4 heteroatoms. The van der Waals surface area contributed by atoms with Crippen LogP contribution in [-0.2, 0) is 4.79 Å². The van der Waals surface area contributed by atoms with Crippen LogP contribution in [0.25, 0.3) is 6.08 Å². The molecule has 0 bridgehead atoms. The Morgan fingerprint density at radius 3 is 2.16 bits per heavy atom. The number of para-hydroxylation sites is 1. The number of nitrogens with zero attached hydrogens (tertiary/aromatic N) is 2. The summed E-state index contributed by atoms with van der Waals surface area (Å²) in [4.78, 5) is 17.5. The summed E-state index contributed by atoms with van der Waals surface area (Å²) in [5, 5.41) is 3.20. The van der Waals surface area contributed by atoms with Crippen molar-refractivity contribution < 1.29 is 4.79 Å². The average Bonchev–Trinajstić information content (AvgIpc) is 2.79. The van der Waals surface area contributed by atoms with Crippen LogP contribution in [0, 0.1) is 13.8 Å². The zero-order valence-electron chi connectivity index (χ0n) is 18.9. The molecule has 2 aromatic rings. The summed E-state index contributed by atoms with van der Waals surface area (Å²) < 4.78 is 0. The van der Waals surface area contributed by atoms with E-state index in [1.807, 2.05) is 36.4 Å². The summed E-state index contributed by atoms with van der Waals surface area (Å²) in [6.45, 7) is 8.92. The van der Waals surface area contributed by atoms with Crippen molar-refractivity contribution in [1.29, 1.82) is 0 Å². The van der Waals surface area contributed by atoms with E-state index in [0.29, 0.717) is 12.1 Å². The fourth-order valence-corrected chi connectivity index (χ4v) is 5.19. The number of carbonyl (C=O) groups is 1. The van der Waals surface area contributed by atoms with E-state index in [9.17, 15) is 4.79 Å². The van der Waals surface area contributed by atoms with Crippen LogP contribution >= 0.6 is 0 Å². The second kappa shape index (κ2) is 10.1. The quantitative estimate of drug-likeness (QED) is 0.724. The molecule has 164 valence electrons. The number of amides is 1. The highest BCUT2D eigenvalue weighted by atomic mass is 16.1. The van der Waals surface area contributed by atoms with Crippen LogP contribution in [0.1, 0.15) is 42.4 Å². The molecule has 2 aromatic carbocycles. The maximum Gasteiger partial charge on any atom is 0.244 e. The highest BCUT2D eigenvalue weighted by molar-refractivity contribution is 5.91. The first-order valence-corrected chi connectivity index (χ1v) is 11.7. The van der Waals surface area contributed by atoms with Gasteiger partial charge in [0.05, 0.1) is 0 Å². The van der Waals surface area contributed by atoms with Gasteiger partial charge in [-0.1, -0.05) is 48.5 Å². The molecule has 1 aliphatic heterocycles. The fraction of sp³-hybridized carbons (Fsp3) is 0.444. The Hall–Kier alpha value is -2.59. The van der Waals surface area contributed by atoms with Gasteiger partial charge < -0.3 is 10.2 Å². The lowest BCUT2D eigenvalue weighted by Crippen LogP contribution is -2.52. The van der Waals surface area contributed by atoms with Crippen LogP contribution in [0.5, 0.6) is 0 Å². The van der Waals surface area contributed by atoms with Gasteiger partial charge in [0, 0.05) is 50.0 Å². The Labute approximate surface area is 186 Å². The number of carbonyl (C=O) groups excluding carboxylic acids is 1. The summed E-state index contributed by atoms with van der Waals surface area (Å²) >= 11 is 0. The number of anilines is 1. The van der Waals surface area contributed by atoms with Crippen LogP contribution in [-0.4, -0.2) is 49.1 Å². The van der Waals surface area contributed by atoms with E-state index in [2.05, 4.69) is 47.2 Å². The van der Waals surface area contributed by atoms with Crippen molar-refractivity contribution in [3.63, 3.8) is 0 Å². The topological polar surface area (TPSA) is 35.6 Å². The van der Waals surface area contributed by atoms with E-state index in [4.69, 9.17) is 0 Å². The minimum Gasteiger partial charge on any atom is -0.369 e. The lowest BCUT2D eigenvalue weighted by molar-refractivity contribution is -0.117. The monoisotopic (exact) mass is 417 g/mol. The Morgan fingerprint density at radius 1 is 0.871 bits per heavy atom. The van der Waals surface area contributed by atoms with Gasteiger partial charge in [-0.3, -0.25) is 9.69 Å². The minimum absolute atomic E-state index is 0.0227. The molecule has 1 amide bonds. The second-order valence-electron chi connectivity index (χ2n) is 9.02. The highest BCUT2D eigenvalue weighted by Crippen LogP contribution is 2.28. The molecule has 2 fully saturated rings. The maximum atomic E-state index is 12.3. The lowest BCUT2D eigenvalue weighted by atomic mass is 9.89. The molecule has 1 saturated carbocycles. The van der Waals surface area contributed by atoms with Gasteiger partial charge in [-0.2, -0.15) is 0 Å². The number of aryl methyl sites for hydroxylation is 2. The molecule has 0 spiro atoms. The summed E-state index contributed by atoms with van der Waals surface area (Å²) in [5.41, 5.74) is 5.25. The lowest BCUT2D eigenvalue weighted by Gasteiger charge is -2.43. The third-order valence-electron chi connectivity index (χ3n) is 6.86. The third kappa shape index (κ3) is 5.56. The molecule has 1 aliphatic carbocycles. The molecule has 4 rings (SSSR count).